The molecule has 0 saturated carbocycles. The van der Waals surface area contributed by atoms with E-state index in [0.717, 1.165) is 26.2 Å². The first kappa shape index (κ1) is 13.8. The average molecular weight is 265 g/mol. The van der Waals surface area contributed by atoms with Gasteiger partial charge < -0.3 is 10.1 Å². The molecule has 6 heteroatoms. The second-order valence-electron chi connectivity index (χ2n) is 4.66. The van der Waals surface area contributed by atoms with Gasteiger partial charge in [0.25, 0.3) is 0 Å². The summed E-state index contributed by atoms with van der Waals surface area (Å²) in [4.78, 5) is 12.8. The SMILES string of the molecule is CC1CNCCN1CCOc1ccccc1[N+](=O)[O-]. The molecule has 1 N–H and O–H groups in total. The van der Waals surface area contributed by atoms with Gasteiger partial charge in [-0.3, -0.25) is 15.0 Å². The maximum atomic E-state index is 10.8. The predicted octanol–water partition coefficient (Wildman–Crippen LogP) is 1.27. The van der Waals surface area contributed by atoms with Crippen LogP contribution in [0.4, 0.5) is 5.69 Å². The Kier molecular flexibility index (Phi) is 4.70. The quantitative estimate of drug-likeness (QED) is 0.641. The third-order valence-corrected chi connectivity index (χ3v) is 3.34. The lowest BCUT2D eigenvalue weighted by atomic mass is 10.2. The second kappa shape index (κ2) is 6.49. The zero-order valence-corrected chi connectivity index (χ0v) is 11.0. The van der Waals surface area contributed by atoms with Crippen LogP contribution in [0.1, 0.15) is 6.92 Å². The topological polar surface area (TPSA) is 67.6 Å². The van der Waals surface area contributed by atoms with E-state index in [0.29, 0.717) is 18.4 Å². The number of nitro benzene ring substituents is 1. The van der Waals surface area contributed by atoms with Gasteiger partial charge >= 0.3 is 5.69 Å². The molecule has 104 valence electrons. The number of nitro groups is 1. The smallest absolute Gasteiger partial charge is 0.310 e. The number of benzene rings is 1. The van der Waals surface area contributed by atoms with E-state index in [-0.39, 0.29) is 5.69 Å². The lowest BCUT2D eigenvalue weighted by Gasteiger charge is -2.33. The molecule has 1 heterocycles. The monoisotopic (exact) mass is 265 g/mol. The summed E-state index contributed by atoms with van der Waals surface area (Å²) in [6.45, 7) is 6.37. The Labute approximate surface area is 112 Å². The maximum Gasteiger partial charge on any atom is 0.310 e. The lowest BCUT2D eigenvalue weighted by molar-refractivity contribution is -0.385. The van der Waals surface area contributed by atoms with E-state index in [9.17, 15) is 10.1 Å². The average Bonchev–Trinajstić information content (AvgIpc) is 2.41. The molecule has 0 spiro atoms. The standard InChI is InChI=1S/C13H19N3O3/c1-11-10-14-6-7-15(11)8-9-19-13-5-3-2-4-12(13)16(17)18/h2-5,11,14H,6-10H2,1H3. The van der Waals surface area contributed by atoms with Crippen LogP contribution >= 0.6 is 0 Å². The van der Waals surface area contributed by atoms with Gasteiger partial charge in [-0.25, -0.2) is 0 Å². The fourth-order valence-electron chi connectivity index (χ4n) is 2.22. The van der Waals surface area contributed by atoms with Crippen molar-refractivity contribution in [2.75, 3.05) is 32.8 Å². The Morgan fingerprint density at radius 3 is 3.05 bits per heavy atom. The summed E-state index contributed by atoms with van der Waals surface area (Å²) < 4.78 is 5.55. The molecule has 0 amide bonds. The summed E-state index contributed by atoms with van der Waals surface area (Å²) in [5, 5.41) is 14.2. The highest BCUT2D eigenvalue weighted by Gasteiger charge is 2.18. The van der Waals surface area contributed by atoms with Gasteiger partial charge in [0.1, 0.15) is 6.61 Å². The highest BCUT2D eigenvalue weighted by atomic mass is 16.6. The van der Waals surface area contributed by atoms with E-state index in [1.165, 1.54) is 6.07 Å². The number of piperazine rings is 1. The van der Waals surface area contributed by atoms with Crippen LogP contribution < -0.4 is 10.1 Å². The van der Waals surface area contributed by atoms with Gasteiger partial charge in [-0.1, -0.05) is 12.1 Å². The molecule has 0 bridgehead atoms. The summed E-state index contributed by atoms with van der Waals surface area (Å²) in [5.41, 5.74) is 0.0239. The van der Waals surface area contributed by atoms with Crippen molar-refractivity contribution >= 4 is 5.69 Å². The first-order valence-corrected chi connectivity index (χ1v) is 6.49. The third kappa shape index (κ3) is 3.65. The molecule has 0 radical (unpaired) electrons. The highest BCUT2D eigenvalue weighted by molar-refractivity contribution is 5.45. The molecule has 6 nitrogen and oxygen atoms in total. The van der Waals surface area contributed by atoms with Crippen molar-refractivity contribution in [3.8, 4) is 5.75 Å². The van der Waals surface area contributed by atoms with Crippen molar-refractivity contribution in [1.82, 2.24) is 10.2 Å². The zero-order valence-electron chi connectivity index (χ0n) is 11.0. The van der Waals surface area contributed by atoms with Crippen LogP contribution in [0.5, 0.6) is 5.75 Å². The number of nitrogens with zero attached hydrogens (tertiary/aromatic N) is 2. The largest absolute Gasteiger partial charge is 0.485 e. The number of para-hydroxylation sites is 2. The molecule has 2 rings (SSSR count). The molecular weight excluding hydrogens is 246 g/mol. The Morgan fingerprint density at radius 2 is 2.32 bits per heavy atom. The molecule has 1 saturated heterocycles. The Hall–Kier alpha value is -1.66. The molecule has 0 aliphatic carbocycles. The van der Waals surface area contributed by atoms with E-state index in [4.69, 9.17) is 4.74 Å². The fraction of sp³-hybridized carbons (Fsp3) is 0.538. The lowest BCUT2D eigenvalue weighted by Crippen LogP contribution is -2.50. The summed E-state index contributed by atoms with van der Waals surface area (Å²) >= 11 is 0. The van der Waals surface area contributed by atoms with Gasteiger partial charge in [-0.15, -0.1) is 0 Å². The van der Waals surface area contributed by atoms with Gasteiger partial charge in [0.15, 0.2) is 5.75 Å². The number of nitrogens with one attached hydrogen (secondary N) is 1. The van der Waals surface area contributed by atoms with Crippen LogP contribution in [0.25, 0.3) is 0 Å². The number of hydrogen-bond acceptors (Lipinski definition) is 5. The predicted molar refractivity (Wildman–Crippen MR) is 72.5 cm³/mol. The summed E-state index contributed by atoms with van der Waals surface area (Å²) in [6.07, 6.45) is 0. The Balaban J connectivity index is 1.87. The first-order chi connectivity index (χ1) is 9.18. The molecule has 19 heavy (non-hydrogen) atoms. The van der Waals surface area contributed by atoms with E-state index < -0.39 is 4.92 Å². The molecule has 1 unspecified atom stereocenters. The molecule has 1 aromatic rings. The van der Waals surface area contributed by atoms with Crippen LogP contribution in [0.2, 0.25) is 0 Å². The molecule has 1 aliphatic rings. The highest BCUT2D eigenvalue weighted by Crippen LogP contribution is 2.25. The van der Waals surface area contributed by atoms with Crippen molar-refractivity contribution in [2.45, 2.75) is 13.0 Å². The maximum absolute atomic E-state index is 10.8. The van der Waals surface area contributed by atoms with E-state index in [1.807, 2.05) is 0 Å². The second-order valence-corrected chi connectivity index (χ2v) is 4.66. The van der Waals surface area contributed by atoms with Gasteiger partial charge in [0.05, 0.1) is 4.92 Å². The molecular formula is C13H19N3O3. The molecule has 1 aliphatic heterocycles. The van der Waals surface area contributed by atoms with Crippen molar-refractivity contribution in [2.24, 2.45) is 0 Å². The van der Waals surface area contributed by atoms with E-state index in [2.05, 4.69) is 17.1 Å². The molecule has 0 aromatic heterocycles. The van der Waals surface area contributed by atoms with Crippen LogP contribution in [0, 0.1) is 10.1 Å². The van der Waals surface area contributed by atoms with Gasteiger partial charge in [0.2, 0.25) is 0 Å². The van der Waals surface area contributed by atoms with E-state index >= 15 is 0 Å². The summed E-state index contributed by atoms with van der Waals surface area (Å²) in [7, 11) is 0. The number of ether oxygens (including phenoxy) is 1. The van der Waals surface area contributed by atoms with Crippen molar-refractivity contribution in [3.05, 3.63) is 34.4 Å². The summed E-state index contributed by atoms with van der Waals surface area (Å²) in [6, 6.07) is 6.96. The Morgan fingerprint density at radius 1 is 1.53 bits per heavy atom. The van der Waals surface area contributed by atoms with Gasteiger partial charge in [-0.2, -0.15) is 0 Å². The molecule has 1 aromatic carbocycles. The van der Waals surface area contributed by atoms with Crippen LogP contribution in [0.15, 0.2) is 24.3 Å². The van der Waals surface area contributed by atoms with Crippen LogP contribution in [-0.2, 0) is 0 Å². The summed E-state index contributed by atoms with van der Waals surface area (Å²) in [5.74, 6) is 0.343. The third-order valence-electron chi connectivity index (χ3n) is 3.34. The minimum atomic E-state index is -0.414. The zero-order chi connectivity index (χ0) is 13.7. The molecule has 1 atom stereocenters. The molecule has 1 fully saturated rings. The Bertz CT molecular complexity index is 439. The van der Waals surface area contributed by atoms with Crippen molar-refractivity contribution in [1.29, 1.82) is 0 Å². The number of hydrogen-bond donors (Lipinski definition) is 1. The minimum absolute atomic E-state index is 0.0239. The van der Waals surface area contributed by atoms with Crippen LogP contribution in [-0.4, -0.2) is 48.7 Å². The van der Waals surface area contributed by atoms with Crippen molar-refractivity contribution < 1.29 is 9.66 Å². The van der Waals surface area contributed by atoms with Crippen LogP contribution in [0.3, 0.4) is 0 Å². The van der Waals surface area contributed by atoms with Gasteiger partial charge in [-0.05, 0) is 13.0 Å². The first-order valence-electron chi connectivity index (χ1n) is 6.49. The minimum Gasteiger partial charge on any atom is -0.485 e. The fourth-order valence-corrected chi connectivity index (χ4v) is 2.22. The number of rotatable bonds is 5. The van der Waals surface area contributed by atoms with E-state index in [1.54, 1.807) is 18.2 Å². The normalized spacial score (nSPS) is 20.2. The van der Waals surface area contributed by atoms with Crippen molar-refractivity contribution in [3.63, 3.8) is 0 Å². The van der Waals surface area contributed by atoms with Gasteiger partial charge in [0, 0.05) is 38.3 Å².